The number of imide groups is 2. The largest absolute Gasteiger partial charge is 0.502 e. The predicted molar refractivity (Wildman–Crippen MR) is 156 cm³/mol. The Morgan fingerprint density at radius 1 is 0.977 bits per heavy atom. The monoisotopic (exact) mass is 602 g/mol. The number of rotatable bonds is 8. The van der Waals surface area contributed by atoms with Crippen LogP contribution < -0.4 is 14.4 Å². The van der Waals surface area contributed by atoms with Crippen molar-refractivity contribution < 1.29 is 43.7 Å². The number of phenolic OH excluding ortho intramolecular Hbond substituents is 1. The molecule has 4 amide bonds. The highest BCUT2D eigenvalue weighted by molar-refractivity contribution is 6.24. The van der Waals surface area contributed by atoms with E-state index in [1.54, 1.807) is 49.4 Å². The van der Waals surface area contributed by atoms with E-state index in [0.717, 1.165) is 5.57 Å². The van der Waals surface area contributed by atoms with Crippen LogP contribution in [0.3, 0.4) is 0 Å². The number of ether oxygens (including phenoxy) is 2. The van der Waals surface area contributed by atoms with Crippen molar-refractivity contribution in [2.75, 3.05) is 25.7 Å². The molecule has 1 saturated carbocycles. The van der Waals surface area contributed by atoms with Crippen molar-refractivity contribution in [1.82, 2.24) is 4.90 Å². The molecule has 2 aliphatic heterocycles. The minimum atomic E-state index is -1.26. The molecule has 2 aliphatic carbocycles. The van der Waals surface area contributed by atoms with Crippen molar-refractivity contribution >= 4 is 35.3 Å². The molecule has 11 heteroatoms. The molecule has 6 unspecified atom stereocenters. The van der Waals surface area contributed by atoms with E-state index >= 15 is 0 Å². The Morgan fingerprint density at radius 3 is 2.25 bits per heavy atom. The number of phenols is 1. The summed E-state index contributed by atoms with van der Waals surface area (Å²) >= 11 is 0. The second-order valence-electron chi connectivity index (χ2n) is 12.1. The first kappa shape index (κ1) is 29.4. The number of likely N-dealkylation sites (tertiary alicyclic amines) is 1. The minimum absolute atomic E-state index is 0.00908. The lowest BCUT2D eigenvalue weighted by Crippen LogP contribution is -2.48. The van der Waals surface area contributed by atoms with Gasteiger partial charge in [0.25, 0.3) is 0 Å². The topological polar surface area (TPSA) is 151 Å². The number of benzene rings is 2. The molecular weight excluding hydrogens is 568 g/mol. The molecule has 0 radical (unpaired) electrons. The van der Waals surface area contributed by atoms with Gasteiger partial charge in [0.1, 0.15) is 0 Å². The molecule has 230 valence electrons. The maximum atomic E-state index is 14.5. The Bertz CT molecular complexity index is 1580. The number of para-hydroxylation sites is 1. The van der Waals surface area contributed by atoms with Gasteiger partial charge in [-0.1, -0.05) is 29.8 Å². The first-order valence-electron chi connectivity index (χ1n) is 14.7. The maximum absolute atomic E-state index is 14.5. The van der Waals surface area contributed by atoms with Gasteiger partial charge in [0.05, 0.1) is 43.1 Å². The summed E-state index contributed by atoms with van der Waals surface area (Å²) in [4.78, 5) is 69.4. The van der Waals surface area contributed by atoms with Gasteiger partial charge in [0.15, 0.2) is 11.5 Å². The summed E-state index contributed by atoms with van der Waals surface area (Å²) in [6, 6.07) is 12.0. The van der Waals surface area contributed by atoms with Crippen LogP contribution in [0.15, 0.2) is 54.1 Å². The Labute approximate surface area is 254 Å². The molecule has 0 spiro atoms. The molecule has 44 heavy (non-hydrogen) atoms. The molecule has 2 heterocycles. The van der Waals surface area contributed by atoms with Gasteiger partial charge in [-0.25, -0.2) is 4.90 Å². The van der Waals surface area contributed by atoms with Crippen molar-refractivity contribution in [1.29, 1.82) is 0 Å². The molecule has 2 aromatic carbocycles. The zero-order valence-corrected chi connectivity index (χ0v) is 24.7. The highest BCUT2D eigenvalue weighted by Gasteiger charge is 2.67. The number of hydrogen-bond donors (Lipinski definition) is 2. The fourth-order valence-corrected chi connectivity index (χ4v) is 7.97. The number of fused-ring (bicyclic) bond motifs is 4. The first-order chi connectivity index (χ1) is 21.0. The van der Waals surface area contributed by atoms with Crippen LogP contribution in [0.4, 0.5) is 5.69 Å². The minimum Gasteiger partial charge on any atom is -0.502 e. The molecule has 2 saturated heterocycles. The number of anilines is 1. The van der Waals surface area contributed by atoms with E-state index in [4.69, 9.17) is 14.6 Å². The van der Waals surface area contributed by atoms with Crippen molar-refractivity contribution in [3.63, 3.8) is 0 Å². The Balaban J connectivity index is 1.49. The van der Waals surface area contributed by atoms with Crippen LogP contribution in [0.1, 0.15) is 44.1 Å². The van der Waals surface area contributed by atoms with E-state index in [-0.39, 0.29) is 73.1 Å². The molecular formula is C33H34N2O9. The Morgan fingerprint density at radius 2 is 1.64 bits per heavy atom. The summed E-state index contributed by atoms with van der Waals surface area (Å²) in [5, 5.41) is 19.8. The van der Waals surface area contributed by atoms with E-state index < -0.39 is 41.0 Å². The van der Waals surface area contributed by atoms with Crippen molar-refractivity contribution in [2.24, 2.45) is 29.1 Å². The lowest BCUT2D eigenvalue weighted by Gasteiger charge is -2.49. The standard InChI is InChI=1S/C33H34N2O9/c1-33-22(30(40)35(32(33)42)18-8-5-4-6-9-18)16-21-19(27(33)17-14-23(43-2)28(38)24(15-17)44-3)11-12-20-26(21)31(41)34(29(20)39)13-7-10-25(36)37/h4-6,8-9,11,14-15,20-22,26-27,38H,7,10,12-13,16H2,1-3H3,(H,36,37). The zero-order valence-electron chi connectivity index (χ0n) is 24.7. The van der Waals surface area contributed by atoms with Crippen LogP contribution >= 0.6 is 0 Å². The van der Waals surface area contributed by atoms with Crippen LogP contribution in [0.5, 0.6) is 17.2 Å². The van der Waals surface area contributed by atoms with Crippen molar-refractivity contribution in [3.05, 3.63) is 59.7 Å². The van der Waals surface area contributed by atoms with Gasteiger partial charge in [0.2, 0.25) is 29.4 Å². The quantitative estimate of drug-likeness (QED) is 0.342. The third-order valence-electron chi connectivity index (χ3n) is 9.99. The first-order valence-corrected chi connectivity index (χ1v) is 14.7. The van der Waals surface area contributed by atoms with E-state index in [1.807, 2.05) is 6.08 Å². The molecule has 2 N–H and O–H groups in total. The number of carboxylic acids is 1. The van der Waals surface area contributed by atoms with Gasteiger partial charge >= 0.3 is 5.97 Å². The summed E-state index contributed by atoms with van der Waals surface area (Å²) in [5.41, 5.74) is 0.542. The Hall–Kier alpha value is -4.67. The van der Waals surface area contributed by atoms with Crippen LogP contribution in [-0.2, 0) is 24.0 Å². The van der Waals surface area contributed by atoms with Crippen LogP contribution in [0.2, 0.25) is 0 Å². The van der Waals surface area contributed by atoms with Gasteiger partial charge in [-0.3, -0.25) is 28.9 Å². The summed E-state index contributed by atoms with van der Waals surface area (Å²) in [5.74, 6) is -5.82. The fraction of sp³-hybridized carbons (Fsp3) is 0.424. The molecule has 0 aromatic heterocycles. The maximum Gasteiger partial charge on any atom is 0.303 e. The van der Waals surface area contributed by atoms with Gasteiger partial charge in [-0.15, -0.1) is 0 Å². The number of carbonyl (C=O) groups is 5. The number of allylic oxidation sites excluding steroid dienone is 2. The lowest BCUT2D eigenvalue weighted by molar-refractivity contribution is -0.142. The van der Waals surface area contributed by atoms with Crippen molar-refractivity contribution in [2.45, 2.75) is 38.5 Å². The van der Waals surface area contributed by atoms with E-state index in [9.17, 15) is 29.1 Å². The number of aliphatic carboxylic acids is 1. The summed E-state index contributed by atoms with van der Waals surface area (Å²) in [6.07, 6.45) is 2.37. The zero-order chi connectivity index (χ0) is 31.5. The smallest absolute Gasteiger partial charge is 0.303 e. The molecule has 6 atom stereocenters. The SMILES string of the molecule is COc1cc(C2C3=CCC4C(=O)N(CCCC(=O)O)C(=O)C4C3CC3C(=O)N(c4ccccc4)C(=O)C32C)cc(OC)c1O. The number of amides is 4. The van der Waals surface area contributed by atoms with Crippen molar-refractivity contribution in [3.8, 4) is 17.2 Å². The van der Waals surface area contributed by atoms with Gasteiger partial charge in [0, 0.05) is 18.9 Å². The molecule has 2 aromatic rings. The summed E-state index contributed by atoms with van der Waals surface area (Å²) < 4.78 is 10.9. The van der Waals surface area contributed by atoms with E-state index in [2.05, 4.69) is 0 Å². The molecule has 4 aliphatic rings. The molecule has 3 fully saturated rings. The molecule has 6 rings (SSSR count). The Kier molecular flexibility index (Phi) is 7.22. The normalized spacial score (nSPS) is 29.2. The molecule has 11 nitrogen and oxygen atoms in total. The predicted octanol–water partition coefficient (Wildman–Crippen LogP) is 3.50. The summed E-state index contributed by atoms with van der Waals surface area (Å²) in [6.45, 7) is 1.79. The van der Waals surface area contributed by atoms with Crippen LogP contribution in [0.25, 0.3) is 0 Å². The third-order valence-corrected chi connectivity index (χ3v) is 9.99. The highest BCUT2D eigenvalue weighted by atomic mass is 16.5. The average Bonchev–Trinajstić information content (AvgIpc) is 3.37. The number of aromatic hydroxyl groups is 1. The fourth-order valence-electron chi connectivity index (χ4n) is 7.97. The van der Waals surface area contributed by atoms with Crippen LogP contribution in [0, 0.1) is 29.1 Å². The van der Waals surface area contributed by atoms with E-state index in [0.29, 0.717) is 11.3 Å². The van der Waals surface area contributed by atoms with Crippen LogP contribution in [-0.4, -0.2) is 65.5 Å². The highest BCUT2D eigenvalue weighted by Crippen LogP contribution is 2.64. The second kappa shape index (κ2) is 10.8. The lowest BCUT2D eigenvalue weighted by atomic mass is 9.51. The summed E-state index contributed by atoms with van der Waals surface area (Å²) in [7, 11) is 2.81. The molecule has 0 bridgehead atoms. The van der Waals surface area contributed by atoms with Gasteiger partial charge < -0.3 is 19.7 Å². The second-order valence-corrected chi connectivity index (χ2v) is 12.1. The average molecular weight is 603 g/mol. The van der Waals surface area contributed by atoms with Gasteiger partial charge in [-0.2, -0.15) is 0 Å². The van der Waals surface area contributed by atoms with E-state index in [1.165, 1.54) is 24.0 Å². The number of hydrogen-bond acceptors (Lipinski definition) is 8. The third kappa shape index (κ3) is 4.20. The number of carboxylic acid groups (broad SMARTS) is 1. The number of methoxy groups -OCH3 is 2. The number of carbonyl (C=O) groups excluding carboxylic acids is 4. The number of nitrogens with zero attached hydrogens (tertiary/aromatic N) is 2. The van der Waals surface area contributed by atoms with Gasteiger partial charge in [-0.05, 0) is 61.9 Å².